The summed E-state index contributed by atoms with van der Waals surface area (Å²) in [6.45, 7) is 3.91. The molecule has 0 aliphatic carbocycles. The van der Waals surface area contributed by atoms with Crippen molar-refractivity contribution in [1.82, 2.24) is 10.2 Å². The minimum atomic E-state index is -0.543. The van der Waals surface area contributed by atoms with Gasteiger partial charge in [-0.05, 0) is 37.1 Å². The van der Waals surface area contributed by atoms with Crippen LogP contribution in [-0.4, -0.2) is 15.3 Å². The molecule has 0 amide bonds. The van der Waals surface area contributed by atoms with Gasteiger partial charge >= 0.3 is 0 Å². The lowest BCUT2D eigenvalue weighted by molar-refractivity contribution is 0.176. The number of aryl methyl sites for hydroxylation is 2. The molecule has 0 saturated carbocycles. The molecule has 0 radical (unpaired) electrons. The first kappa shape index (κ1) is 14.2. The average Bonchev–Trinajstić information content (AvgIpc) is 2.38. The summed E-state index contributed by atoms with van der Waals surface area (Å²) in [4.78, 5) is 0. The van der Waals surface area contributed by atoms with Gasteiger partial charge in [-0.1, -0.05) is 35.0 Å². The zero-order chi connectivity index (χ0) is 13.8. The van der Waals surface area contributed by atoms with Crippen LogP contribution in [0.15, 0.2) is 34.8 Å². The number of aliphatic hydroxyl groups excluding tert-OH is 1. The molecule has 1 atom stereocenters. The zero-order valence-electron chi connectivity index (χ0n) is 11.1. The lowest BCUT2D eigenvalue weighted by Crippen LogP contribution is -2.08. The minimum Gasteiger partial charge on any atom is -0.388 e. The van der Waals surface area contributed by atoms with E-state index in [4.69, 9.17) is 0 Å². The van der Waals surface area contributed by atoms with Gasteiger partial charge in [0.25, 0.3) is 0 Å². The van der Waals surface area contributed by atoms with E-state index >= 15 is 0 Å². The predicted molar refractivity (Wildman–Crippen MR) is 79.0 cm³/mol. The molecule has 1 aromatic heterocycles. The number of rotatable bonds is 4. The second-order valence-corrected chi connectivity index (χ2v) is 5.51. The molecular weight excluding hydrogens is 304 g/mol. The lowest BCUT2D eigenvalue weighted by Gasteiger charge is -2.14. The Hall–Kier alpha value is -1.26. The maximum absolute atomic E-state index is 10.4. The Bertz CT molecular complexity index is 572. The Kier molecular flexibility index (Phi) is 4.66. The average molecular weight is 321 g/mol. The van der Waals surface area contributed by atoms with Crippen LogP contribution >= 0.6 is 15.9 Å². The van der Waals surface area contributed by atoms with Crippen LogP contribution in [0.2, 0.25) is 0 Å². The van der Waals surface area contributed by atoms with Crippen LogP contribution in [0, 0.1) is 6.92 Å². The van der Waals surface area contributed by atoms with E-state index < -0.39 is 6.10 Å². The minimum absolute atomic E-state index is 0.543. The molecule has 100 valence electrons. The van der Waals surface area contributed by atoms with Gasteiger partial charge in [-0.2, -0.15) is 10.2 Å². The van der Waals surface area contributed by atoms with Crippen LogP contribution in [0.25, 0.3) is 0 Å². The monoisotopic (exact) mass is 320 g/mol. The highest BCUT2D eigenvalue weighted by atomic mass is 79.9. The molecule has 4 heteroatoms. The van der Waals surface area contributed by atoms with Crippen LogP contribution in [0.4, 0.5) is 0 Å². The first-order valence-electron chi connectivity index (χ1n) is 6.35. The summed E-state index contributed by atoms with van der Waals surface area (Å²) in [7, 11) is 0. The molecule has 19 heavy (non-hydrogen) atoms. The van der Waals surface area contributed by atoms with Gasteiger partial charge in [0, 0.05) is 16.5 Å². The number of benzene rings is 1. The molecule has 0 bridgehead atoms. The fraction of sp³-hybridized carbons (Fsp3) is 0.333. The molecule has 1 unspecified atom stereocenters. The standard InChI is InChI=1S/C15H17BrN2O/c1-3-14-13(7-10(2)17-18-14)15(19)9-11-5-4-6-12(16)8-11/h4-8,15,19H,3,9H2,1-2H3. The molecule has 0 spiro atoms. The summed E-state index contributed by atoms with van der Waals surface area (Å²) in [6.07, 6.45) is 0.814. The highest BCUT2D eigenvalue weighted by molar-refractivity contribution is 9.10. The molecule has 3 nitrogen and oxygen atoms in total. The number of halogens is 1. The van der Waals surface area contributed by atoms with Crippen molar-refractivity contribution in [3.05, 3.63) is 57.3 Å². The number of aromatic nitrogens is 2. The smallest absolute Gasteiger partial charge is 0.0849 e. The van der Waals surface area contributed by atoms with Crippen molar-refractivity contribution in [2.45, 2.75) is 32.8 Å². The van der Waals surface area contributed by atoms with E-state index in [1.165, 1.54) is 0 Å². The van der Waals surface area contributed by atoms with Crippen molar-refractivity contribution in [2.24, 2.45) is 0 Å². The van der Waals surface area contributed by atoms with Crippen molar-refractivity contribution in [1.29, 1.82) is 0 Å². The lowest BCUT2D eigenvalue weighted by atomic mass is 9.99. The number of aliphatic hydroxyl groups is 1. The summed E-state index contributed by atoms with van der Waals surface area (Å²) < 4.78 is 1.02. The van der Waals surface area contributed by atoms with E-state index in [0.717, 1.165) is 33.4 Å². The van der Waals surface area contributed by atoms with E-state index in [-0.39, 0.29) is 0 Å². The Morgan fingerprint density at radius 2 is 2.05 bits per heavy atom. The zero-order valence-corrected chi connectivity index (χ0v) is 12.7. The molecule has 2 rings (SSSR count). The van der Waals surface area contributed by atoms with Gasteiger partial charge < -0.3 is 5.11 Å². The molecule has 0 aliphatic rings. The van der Waals surface area contributed by atoms with Crippen molar-refractivity contribution in [2.75, 3.05) is 0 Å². The number of nitrogens with zero attached hydrogens (tertiary/aromatic N) is 2. The Balaban J connectivity index is 2.24. The van der Waals surface area contributed by atoms with E-state index in [9.17, 15) is 5.11 Å². The third-order valence-electron chi connectivity index (χ3n) is 3.04. The second kappa shape index (κ2) is 6.26. The number of hydrogen-bond acceptors (Lipinski definition) is 3. The molecule has 0 fully saturated rings. The van der Waals surface area contributed by atoms with Gasteiger partial charge in [0.15, 0.2) is 0 Å². The summed E-state index contributed by atoms with van der Waals surface area (Å²) in [5.41, 5.74) is 3.68. The van der Waals surface area contributed by atoms with E-state index in [0.29, 0.717) is 6.42 Å². The van der Waals surface area contributed by atoms with Crippen molar-refractivity contribution in [3.8, 4) is 0 Å². The van der Waals surface area contributed by atoms with Crippen molar-refractivity contribution in [3.63, 3.8) is 0 Å². The Morgan fingerprint density at radius 1 is 1.26 bits per heavy atom. The van der Waals surface area contributed by atoms with Crippen LogP contribution < -0.4 is 0 Å². The van der Waals surface area contributed by atoms with Gasteiger partial charge in [-0.3, -0.25) is 0 Å². The third-order valence-corrected chi connectivity index (χ3v) is 3.53. The first-order chi connectivity index (χ1) is 9.10. The predicted octanol–water partition coefficient (Wildman–Crippen LogP) is 3.39. The van der Waals surface area contributed by atoms with E-state index in [1.807, 2.05) is 44.2 Å². The van der Waals surface area contributed by atoms with Crippen molar-refractivity contribution >= 4 is 15.9 Å². The molecule has 1 heterocycles. The summed E-state index contributed by atoms with van der Waals surface area (Å²) in [6, 6.07) is 9.92. The maximum atomic E-state index is 10.4. The van der Waals surface area contributed by atoms with Gasteiger partial charge in [0.2, 0.25) is 0 Å². The molecule has 1 aromatic carbocycles. The van der Waals surface area contributed by atoms with Crippen LogP contribution in [0.3, 0.4) is 0 Å². The molecule has 0 aliphatic heterocycles. The van der Waals surface area contributed by atoms with Crippen molar-refractivity contribution < 1.29 is 5.11 Å². The first-order valence-corrected chi connectivity index (χ1v) is 7.15. The van der Waals surface area contributed by atoms with Crippen LogP contribution in [-0.2, 0) is 12.8 Å². The normalized spacial score (nSPS) is 12.4. The van der Waals surface area contributed by atoms with Gasteiger partial charge in [-0.25, -0.2) is 0 Å². The Morgan fingerprint density at radius 3 is 2.74 bits per heavy atom. The summed E-state index contributed by atoms with van der Waals surface area (Å²) >= 11 is 3.44. The second-order valence-electron chi connectivity index (χ2n) is 4.59. The summed E-state index contributed by atoms with van der Waals surface area (Å²) in [5.74, 6) is 0. The Labute approximate surface area is 121 Å². The van der Waals surface area contributed by atoms with E-state index in [1.54, 1.807) is 0 Å². The largest absolute Gasteiger partial charge is 0.388 e. The third kappa shape index (κ3) is 3.61. The van der Waals surface area contributed by atoms with E-state index in [2.05, 4.69) is 26.1 Å². The van der Waals surface area contributed by atoms with Gasteiger partial charge in [0.1, 0.15) is 0 Å². The highest BCUT2D eigenvalue weighted by Gasteiger charge is 2.14. The highest BCUT2D eigenvalue weighted by Crippen LogP contribution is 2.23. The topological polar surface area (TPSA) is 46.0 Å². The fourth-order valence-corrected chi connectivity index (χ4v) is 2.54. The molecule has 0 saturated heterocycles. The number of hydrogen-bond donors (Lipinski definition) is 1. The molecule has 2 aromatic rings. The van der Waals surface area contributed by atoms with Gasteiger partial charge in [-0.15, -0.1) is 0 Å². The SMILES string of the molecule is CCc1nnc(C)cc1C(O)Cc1cccc(Br)c1. The fourth-order valence-electron chi connectivity index (χ4n) is 2.09. The molecular formula is C15H17BrN2O. The quantitative estimate of drug-likeness (QED) is 0.939. The summed E-state index contributed by atoms with van der Waals surface area (Å²) in [5, 5.41) is 18.6. The maximum Gasteiger partial charge on any atom is 0.0849 e. The van der Waals surface area contributed by atoms with Crippen LogP contribution in [0.5, 0.6) is 0 Å². The molecule has 1 N–H and O–H groups in total. The van der Waals surface area contributed by atoms with Crippen LogP contribution in [0.1, 0.15) is 35.5 Å². The van der Waals surface area contributed by atoms with Gasteiger partial charge in [0.05, 0.1) is 17.5 Å².